The van der Waals surface area contributed by atoms with Gasteiger partial charge in [-0.3, -0.25) is 9.69 Å². The number of fused-ring (bicyclic) bond motifs is 1. The van der Waals surface area contributed by atoms with Crippen LogP contribution in [0.25, 0.3) is 0 Å². The van der Waals surface area contributed by atoms with Crippen molar-refractivity contribution in [2.75, 3.05) is 13.3 Å². The molecule has 25 heavy (non-hydrogen) atoms. The summed E-state index contributed by atoms with van der Waals surface area (Å²) >= 11 is 1.53. The highest BCUT2D eigenvalue weighted by molar-refractivity contribution is 7.14. The molecule has 1 N–H and O–H groups in total. The van der Waals surface area contributed by atoms with Crippen LogP contribution in [0.2, 0.25) is 0 Å². The van der Waals surface area contributed by atoms with E-state index in [4.69, 9.17) is 9.84 Å². The van der Waals surface area contributed by atoms with Crippen LogP contribution in [0.15, 0.2) is 30.3 Å². The first-order valence-corrected chi connectivity index (χ1v) is 9.36. The number of carbonyl (C=O) groups is 1. The van der Waals surface area contributed by atoms with Crippen LogP contribution < -0.4 is 4.74 Å². The van der Waals surface area contributed by atoms with Gasteiger partial charge >= 0.3 is 0 Å². The highest BCUT2D eigenvalue weighted by Crippen LogP contribution is 2.41. The van der Waals surface area contributed by atoms with Gasteiger partial charge in [-0.15, -0.1) is 11.3 Å². The molecule has 2 heterocycles. The van der Waals surface area contributed by atoms with Gasteiger partial charge in [0.15, 0.2) is 17.6 Å². The second kappa shape index (κ2) is 6.86. The predicted molar refractivity (Wildman–Crippen MR) is 93.0 cm³/mol. The zero-order valence-corrected chi connectivity index (χ0v) is 14.6. The number of thiophene rings is 1. The molecular weight excluding hydrogens is 341 g/mol. The summed E-state index contributed by atoms with van der Waals surface area (Å²) < 4.78 is 19.6. The molecule has 4 nitrogen and oxygen atoms in total. The number of ketones is 1. The van der Waals surface area contributed by atoms with Crippen LogP contribution in [0.4, 0.5) is 4.39 Å². The summed E-state index contributed by atoms with van der Waals surface area (Å²) in [6.45, 7) is 0.961. The molecule has 0 bridgehead atoms. The second-order valence-corrected chi connectivity index (χ2v) is 7.71. The van der Waals surface area contributed by atoms with Crippen LogP contribution >= 0.6 is 11.3 Å². The molecule has 1 unspecified atom stereocenters. The summed E-state index contributed by atoms with van der Waals surface area (Å²) in [5, 5.41) is 9.61. The number of carbonyl (C=O) groups excluding carboxylic acids is 1. The topological polar surface area (TPSA) is 49.8 Å². The molecule has 132 valence electrons. The van der Waals surface area contributed by atoms with Crippen molar-refractivity contribution in [3.05, 3.63) is 52.2 Å². The van der Waals surface area contributed by atoms with E-state index in [1.54, 1.807) is 18.2 Å². The lowest BCUT2D eigenvalue weighted by Crippen LogP contribution is -2.38. The van der Waals surface area contributed by atoms with Gasteiger partial charge in [-0.1, -0.05) is 18.2 Å². The van der Waals surface area contributed by atoms with E-state index in [1.807, 2.05) is 6.07 Å². The Morgan fingerprint density at radius 2 is 2.20 bits per heavy atom. The van der Waals surface area contributed by atoms with Crippen molar-refractivity contribution in [1.29, 1.82) is 0 Å². The Bertz CT molecular complexity index is 787. The number of hydrogen-bond acceptors (Lipinski definition) is 5. The molecule has 1 aliphatic heterocycles. The SMILES string of the molecule is O=C(C1CC1)C(c1ccccc1F)N1CCc2sc(OCO)cc2C1. The molecule has 0 amide bonds. The van der Waals surface area contributed by atoms with Gasteiger partial charge < -0.3 is 9.84 Å². The molecule has 1 aromatic heterocycles. The summed E-state index contributed by atoms with van der Waals surface area (Å²) in [4.78, 5) is 16.2. The standard InChI is InChI=1S/C19H20FNO3S/c20-15-4-2-1-3-14(15)18(19(23)12-5-6-12)21-8-7-16-13(10-21)9-17(25-16)24-11-22/h1-4,9,12,18,22H,5-8,10-11H2. The number of benzene rings is 1. The van der Waals surface area contributed by atoms with Crippen molar-refractivity contribution in [2.24, 2.45) is 5.92 Å². The quantitative estimate of drug-likeness (QED) is 0.802. The Morgan fingerprint density at radius 3 is 2.92 bits per heavy atom. The molecule has 4 rings (SSSR count). The van der Waals surface area contributed by atoms with E-state index in [0.717, 1.165) is 24.8 Å². The summed E-state index contributed by atoms with van der Waals surface area (Å²) in [6.07, 6.45) is 2.63. The molecule has 1 aromatic carbocycles. The first kappa shape index (κ1) is 16.7. The van der Waals surface area contributed by atoms with Gasteiger partial charge in [-0.05, 0) is 37.0 Å². The van der Waals surface area contributed by atoms with Crippen molar-refractivity contribution in [1.82, 2.24) is 4.90 Å². The summed E-state index contributed by atoms with van der Waals surface area (Å²) in [6, 6.07) is 7.99. The van der Waals surface area contributed by atoms with Gasteiger partial charge in [-0.2, -0.15) is 0 Å². The largest absolute Gasteiger partial charge is 0.458 e. The average Bonchev–Trinajstić information content (AvgIpc) is 3.37. The molecule has 1 saturated carbocycles. The maximum Gasteiger partial charge on any atom is 0.187 e. The van der Waals surface area contributed by atoms with Crippen LogP contribution in [0.1, 0.15) is 34.9 Å². The molecule has 2 aliphatic rings. The maximum atomic E-state index is 14.4. The maximum absolute atomic E-state index is 14.4. The molecule has 1 atom stereocenters. The minimum atomic E-state index is -0.524. The van der Waals surface area contributed by atoms with Crippen molar-refractivity contribution in [3.63, 3.8) is 0 Å². The van der Waals surface area contributed by atoms with E-state index < -0.39 is 6.04 Å². The van der Waals surface area contributed by atoms with Gasteiger partial charge in [0.1, 0.15) is 5.82 Å². The highest BCUT2D eigenvalue weighted by Gasteiger charge is 2.40. The lowest BCUT2D eigenvalue weighted by molar-refractivity contribution is -0.126. The molecule has 0 spiro atoms. The van der Waals surface area contributed by atoms with Crippen molar-refractivity contribution < 1.29 is 19.0 Å². The normalized spacial score (nSPS) is 18.6. The van der Waals surface area contributed by atoms with Gasteiger partial charge in [-0.25, -0.2) is 4.39 Å². The number of aliphatic hydroxyl groups is 1. The number of Topliss-reactive ketones (excluding diaryl/α,β-unsaturated/α-hetero) is 1. The zero-order chi connectivity index (χ0) is 17.4. The van der Waals surface area contributed by atoms with E-state index in [9.17, 15) is 9.18 Å². The van der Waals surface area contributed by atoms with Crippen LogP contribution in [-0.4, -0.2) is 29.1 Å². The fourth-order valence-electron chi connectivity index (χ4n) is 3.50. The predicted octanol–water partition coefficient (Wildman–Crippen LogP) is 3.29. The zero-order valence-electron chi connectivity index (χ0n) is 13.8. The number of halogens is 1. The van der Waals surface area contributed by atoms with E-state index in [-0.39, 0.29) is 24.3 Å². The number of hydrogen-bond donors (Lipinski definition) is 1. The number of ether oxygens (including phenoxy) is 1. The number of rotatable bonds is 6. The molecular formula is C19H20FNO3S. The van der Waals surface area contributed by atoms with Crippen LogP contribution in [0.5, 0.6) is 5.06 Å². The fraction of sp³-hybridized carbons (Fsp3) is 0.421. The van der Waals surface area contributed by atoms with Crippen molar-refractivity contribution in [3.8, 4) is 5.06 Å². The Balaban J connectivity index is 1.63. The van der Waals surface area contributed by atoms with Crippen LogP contribution in [-0.2, 0) is 17.8 Å². The van der Waals surface area contributed by atoms with E-state index in [1.165, 1.54) is 22.3 Å². The Kier molecular flexibility index (Phi) is 4.58. The smallest absolute Gasteiger partial charge is 0.187 e. The second-order valence-electron chi connectivity index (χ2n) is 6.61. The van der Waals surface area contributed by atoms with E-state index >= 15 is 0 Å². The van der Waals surface area contributed by atoms with E-state index in [2.05, 4.69) is 4.90 Å². The molecule has 6 heteroatoms. The third kappa shape index (κ3) is 3.34. The Morgan fingerprint density at radius 1 is 1.40 bits per heavy atom. The third-order valence-electron chi connectivity index (χ3n) is 4.89. The number of nitrogens with zero attached hydrogens (tertiary/aromatic N) is 1. The molecule has 1 fully saturated rings. The monoisotopic (exact) mass is 361 g/mol. The lowest BCUT2D eigenvalue weighted by Gasteiger charge is -2.34. The van der Waals surface area contributed by atoms with E-state index in [0.29, 0.717) is 23.7 Å². The lowest BCUT2D eigenvalue weighted by atomic mass is 9.95. The van der Waals surface area contributed by atoms with Gasteiger partial charge in [0, 0.05) is 29.4 Å². The first-order chi connectivity index (χ1) is 12.2. The van der Waals surface area contributed by atoms with Crippen molar-refractivity contribution in [2.45, 2.75) is 31.8 Å². The van der Waals surface area contributed by atoms with Crippen LogP contribution in [0, 0.1) is 11.7 Å². The fourth-order valence-corrected chi connectivity index (χ4v) is 4.50. The van der Waals surface area contributed by atoms with Crippen LogP contribution in [0.3, 0.4) is 0 Å². The molecule has 2 aromatic rings. The van der Waals surface area contributed by atoms with Gasteiger partial charge in [0.25, 0.3) is 0 Å². The van der Waals surface area contributed by atoms with Gasteiger partial charge in [0.2, 0.25) is 0 Å². The van der Waals surface area contributed by atoms with Gasteiger partial charge in [0.05, 0.1) is 6.04 Å². The van der Waals surface area contributed by atoms with Crippen molar-refractivity contribution >= 4 is 17.1 Å². The highest BCUT2D eigenvalue weighted by atomic mass is 32.1. The minimum Gasteiger partial charge on any atom is -0.458 e. The Hall–Kier alpha value is -1.76. The average molecular weight is 361 g/mol. The summed E-state index contributed by atoms with van der Waals surface area (Å²) in [5.74, 6) is -0.112. The summed E-state index contributed by atoms with van der Waals surface area (Å²) in [5.41, 5.74) is 1.58. The summed E-state index contributed by atoms with van der Waals surface area (Å²) in [7, 11) is 0. The minimum absolute atomic E-state index is 0.0711. The molecule has 0 radical (unpaired) electrons. The molecule has 1 aliphatic carbocycles. The first-order valence-electron chi connectivity index (χ1n) is 8.55. The third-order valence-corrected chi connectivity index (χ3v) is 6.04. The Labute approximate surface area is 149 Å². The number of aliphatic hydroxyl groups excluding tert-OH is 1. The molecule has 0 saturated heterocycles.